The van der Waals surface area contributed by atoms with Gasteiger partial charge >= 0.3 is 0 Å². The number of nitrogens with one attached hydrogen (secondary N) is 1. The van der Waals surface area contributed by atoms with E-state index in [0.717, 1.165) is 12.1 Å². The fraction of sp³-hybridized carbons (Fsp3) is 0.308. The van der Waals surface area contributed by atoms with Crippen LogP contribution >= 0.6 is 11.3 Å². The molecule has 2 heterocycles. The molecule has 0 aliphatic heterocycles. The standard InChI is InChI=1S/C13H16N2S/c1-10-5-6-15-13(8-10)12(14-2)9-11-4-3-7-16-11/h3-8,12,14H,9H2,1-2H3. The fourth-order valence-corrected chi connectivity index (χ4v) is 2.49. The molecule has 1 N–H and O–H groups in total. The van der Waals surface area contributed by atoms with E-state index in [1.807, 2.05) is 19.3 Å². The average molecular weight is 232 g/mol. The minimum absolute atomic E-state index is 0.304. The Morgan fingerprint density at radius 3 is 2.94 bits per heavy atom. The van der Waals surface area contributed by atoms with Crippen LogP contribution in [0.2, 0.25) is 0 Å². The molecular formula is C13H16N2S. The Hall–Kier alpha value is -1.19. The van der Waals surface area contributed by atoms with Crippen molar-refractivity contribution in [3.8, 4) is 0 Å². The summed E-state index contributed by atoms with van der Waals surface area (Å²) in [6.45, 7) is 2.10. The van der Waals surface area contributed by atoms with Gasteiger partial charge in [-0.2, -0.15) is 0 Å². The van der Waals surface area contributed by atoms with Gasteiger partial charge in [-0.15, -0.1) is 11.3 Å². The van der Waals surface area contributed by atoms with Crippen molar-refractivity contribution >= 4 is 11.3 Å². The lowest BCUT2D eigenvalue weighted by atomic mass is 10.1. The molecule has 0 radical (unpaired) electrons. The van der Waals surface area contributed by atoms with Crippen LogP contribution in [0.25, 0.3) is 0 Å². The highest BCUT2D eigenvalue weighted by molar-refractivity contribution is 7.09. The third-order valence-corrected chi connectivity index (χ3v) is 3.53. The fourth-order valence-electron chi connectivity index (χ4n) is 1.73. The monoisotopic (exact) mass is 232 g/mol. The highest BCUT2D eigenvalue weighted by atomic mass is 32.1. The third kappa shape index (κ3) is 2.68. The van der Waals surface area contributed by atoms with E-state index in [2.05, 4.69) is 40.8 Å². The van der Waals surface area contributed by atoms with Gasteiger partial charge in [-0.05, 0) is 43.1 Å². The number of hydrogen-bond donors (Lipinski definition) is 1. The van der Waals surface area contributed by atoms with Crippen LogP contribution in [0.15, 0.2) is 35.8 Å². The average Bonchev–Trinajstić information content (AvgIpc) is 2.78. The van der Waals surface area contributed by atoms with Crippen LogP contribution in [0.1, 0.15) is 22.2 Å². The highest BCUT2D eigenvalue weighted by Crippen LogP contribution is 2.20. The molecule has 16 heavy (non-hydrogen) atoms. The Balaban J connectivity index is 2.16. The zero-order chi connectivity index (χ0) is 11.4. The Morgan fingerprint density at radius 2 is 2.31 bits per heavy atom. The quantitative estimate of drug-likeness (QED) is 0.876. The van der Waals surface area contributed by atoms with Gasteiger partial charge in [-0.25, -0.2) is 0 Å². The first kappa shape index (κ1) is 11.3. The van der Waals surface area contributed by atoms with Crippen LogP contribution in [-0.4, -0.2) is 12.0 Å². The van der Waals surface area contributed by atoms with Gasteiger partial charge in [0, 0.05) is 17.5 Å². The SMILES string of the molecule is CNC(Cc1cccs1)c1cc(C)ccn1. The Kier molecular flexibility index (Phi) is 3.70. The summed E-state index contributed by atoms with van der Waals surface area (Å²) in [5.41, 5.74) is 2.38. The van der Waals surface area contributed by atoms with Gasteiger partial charge in [0.2, 0.25) is 0 Å². The van der Waals surface area contributed by atoms with Crippen molar-refractivity contribution in [2.45, 2.75) is 19.4 Å². The molecule has 0 fully saturated rings. The molecule has 0 amide bonds. The van der Waals surface area contributed by atoms with Crippen LogP contribution in [0.4, 0.5) is 0 Å². The number of hydrogen-bond acceptors (Lipinski definition) is 3. The lowest BCUT2D eigenvalue weighted by Crippen LogP contribution is -2.19. The molecule has 0 aliphatic carbocycles. The minimum atomic E-state index is 0.304. The van der Waals surface area contributed by atoms with E-state index in [1.54, 1.807) is 11.3 Å². The van der Waals surface area contributed by atoms with Crippen molar-refractivity contribution in [3.05, 3.63) is 52.0 Å². The molecule has 0 saturated carbocycles. The summed E-state index contributed by atoms with van der Waals surface area (Å²) in [6, 6.07) is 8.75. The predicted octanol–water partition coefficient (Wildman–Crippen LogP) is 2.95. The maximum atomic E-state index is 4.43. The van der Waals surface area contributed by atoms with Crippen LogP contribution in [-0.2, 0) is 6.42 Å². The second kappa shape index (κ2) is 5.23. The molecule has 0 spiro atoms. The number of aryl methyl sites for hydroxylation is 1. The zero-order valence-corrected chi connectivity index (χ0v) is 10.4. The van der Waals surface area contributed by atoms with Crippen LogP contribution < -0.4 is 5.32 Å². The lowest BCUT2D eigenvalue weighted by molar-refractivity contribution is 0.579. The summed E-state index contributed by atoms with van der Waals surface area (Å²) in [5, 5.41) is 5.44. The highest BCUT2D eigenvalue weighted by Gasteiger charge is 2.11. The van der Waals surface area contributed by atoms with Gasteiger partial charge in [-0.3, -0.25) is 4.98 Å². The molecule has 0 aromatic carbocycles. The topological polar surface area (TPSA) is 24.9 Å². The van der Waals surface area contributed by atoms with Gasteiger partial charge in [0.15, 0.2) is 0 Å². The maximum Gasteiger partial charge on any atom is 0.0579 e. The summed E-state index contributed by atoms with van der Waals surface area (Å²) < 4.78 is 0. The number of likely N-dealkylation sites (N-methyl/N-ethyl adjacent to an activating group) is 1. The number of aromatic nitrogens is 1. The van der Waals surface area contributed by atoms with Gasteiger partial charge < -0.3 is 5.32 Å². The molecule has 0 saturated heterocycles. The molecule has 1 unspecified atom stereocenters. The van der Waals surface area contributed by atoms with E-state index < -0.39 is 0 Å². The van der Waals surface area contributed by atoms with Crippen molar-refractivity contribution in [1.29, 1.82) is 0 Å². The number of rotatable bonds is 4. The van der Waals surface area contributed by atoms with E-state index >= 15 is 0 Å². The van der Waals surface area contributed by atoms with Crippen molar-refractivity contribution < 1.29 is 0 Å². The van der Waals surface area contributed by atoms with Gasteiger partial charge in [0.05, 0.1) is 11.7 Å². The van der Waals surface area contributed by atoms with E-state index in [4.69, 9.17) is 0 Å². The molecule has 2 aromatic rings. The van der Waals surface area contributed by atoms with Crippen molar-refractivity contribution in [2.24, 2.45) is 0 Å². The lowest BCUT2D eigenvalue weighted by Gasteiger charge is -2.15. The molecule has 2 aromatic heterocycles. The van der Waals surface area contributed by atoms with E-state index in [9.17, 15) is 0 Å². The summed E-state index contributed by atoms with van der Waals surface area (Å²) >= 11 is 1.80. The Labute approximate surface area is 100 Å². The number of thiophene rings is 1. The summed E-state index contributed by atoms with van der Waals surface area (Å²) in [5.74, 6) is 0. The van der Waals surface area contributed by atoms with Crippen molar-refractivity contribution in [2.75, 3.05) is 7.05 Å². The van der Waals surface area contributed by atoms with Crippen molar-refractivity contribution in [1.82, 2.24) is 10.3 Å². The smallest absolute Gasteiger partial charge is 0.0579 e. The van der Waals surface area contributed by atoms with E-state index in [0.29, 0.717) is 6.04 Å². The van der Waals surface area contributed by atoms with E-state index in [-0.39, 0.29) is 0 Å². The molecule has 2 nitrogen and oxygen atoms in total. The summed E-state index contributed by atoms with van der Waals surface area (Å²) in [4.78, 5) is 5.82. The second-order valence-corrected chi connectivity index (χ2v) is 4.92. The predicted molar refractivity (Wildman–Crippen MR) is 68.8 cm³/mol. The first-order valence-corrected chi connectivity index (χ1v) is 6.30. The zero-order valence-electron chi connectivity index (χ0n) is 9.60. The minimum Gasteiger partial charge on any atom is -0.311 e. The molecule has 3 heteroatoms. The molecule has 1 atom stereocenters. The van der Waals surface area contributed by atoms with Gasteiger partial charge in [-0.1, -0.05) is 6.07 Å². The number of nitrogens with zero attached hydrogens (tertiary/aromatic N) is 1. The normalized spacial score (nSPS) is 12.6. The van der Waals surface area contributed by atoms with Crippen LogP contribution in [0.3, 0.4) is 0 Å². The number of pyridine rings is 1. The molecule has 0 aliphatic rings. The first-order chi connectivity index (χ1) is 7.79. The summed E-state index contributed by atoms with van der Waals surface area (Å²) in [6.07, 6.45) is 2.88. The largest absolute Gasteiger partial charge is 0.311 e. The van der Waals surface area contributed by atoms with E-state index in [1.165, 1.54) is 10.4 Å². The van der Waals surface area contributed by atoms with Crippen molar-refractivity contribution in [3.63, 3.8) is 0 Å². The van der Waals surface area contributed by atoms with Gasteiger partial charge in [0.25, 0.3) is 0 Å². The molecule has 2 rings (SSSR count). The second-order valence-electron chi connectivity index (χ2n) is 3.88. The third-order valence-electron chi connectivity index (χ3n) is 2.63. The first-order valence-electron chi connectivity index (χ1n) is 5.42. The van der Waals surface area contributed by atoms with Crippen LogP contribution in [0, 0.1) is 6.92 Å². The maximum absolute atomic E-state index is 4.43. The molecule has 0 bridgehead atoms. The van der Waals surface area contributed by atoms with Crippen LogP contribution in [0.5, 0.6) is 0 Å². The Bertz CT molecular complexity index is 437. The molecule has 84 valence electrons. The van der Waals surface area contributed by atoms with Gasteiger partial charge in [0.1, 0.15) is 0 Å². The Morgan fingerprint density at radius 1 is 1.44 bits per heavy atom. The summed E-state index contributed by atoms with van der Waals surface area (Å²) in [7, 11) is 1.99. The molecular weight excluding hydrogens is 216 g/mol.